The zero-order valence-electron chi connectivity index (χ0n) is 19.3. The molecule has 1 fully saturated rings. The summed E-state index contributed by atoms with van der Waals surface area (Å²) in [5.74, 6) is -0.731. The molecule has 2 amide bonds. The third-order valence-electron chi connectivity index (χ3n) is 4.61. The molecule has 1 N–H and O–H groups in total. The number of hydrogen-bond acceptors (Lipinski definition) is 5. The molecular formula is C25H30N2O5. The predicted octanol–water partition coefficient (Wildman–Crippen LogP) is 4.94. The molecule has 1 saturated heterocycles. The van der Waals surface area contributed by atoms with E-state index in [1.54, 1.807) is 77.9 Å². The van der Waals surface area contributed by atoms with Gasteiger partial charge in [-0.2, -0.15) is 0 Å². The number of benzene rings is 2. The van der Waals surface area contributed by atoms with E-state index in [4.69, 9.17) is 9.47 Å². The van der Waals surface area contributed by atoms with Crippen LogP contribution in [0, 0.1) is 0 Å². The number of hydrogen-bond donors (Lipinski definition) is 1. The van der Waals surface area contributed by atoms with Gasteiger partial charge < -0.3 is 14.8 Å². The van der Waals surface area contributed by atoms with Gasteiger partial charge in [0.15, 0.2) is 0 Å². The maximum atomic E-state index is 12.9. The number of nitrogens with zero attached hydrogens (tertiary/aromatic N) is 1. The largest absolute Gasteiger partial charge is 0.456 e. The maximum absolute atomic E-state index is 12.9. The van der Waals surface area contributed by atoms with Crippen LogP contribution < -0.4 is 5.32 Å². The van der Waals surface area contributed by atoms with Crippen molar-refractivity contribution in [3.05, 3.63) is 65.7 Å². The van der Waals surface area contributed by atoms with Crippen LogP contribution in [0.15, 0.2) is 54.6 Å². The molecule has 2 unspecified atom stereocenters. The minimum absolute atomic E-state index is 0.303. The molecular weight excluding hydrogens is 408 g/mol. The lowest BCUT2D eigenvalue weighted by atomic mass is 10.1. The predicted molar refractivity (Wildman–Crippen MR) is 121 cm³/mol. The number of esters is 1. The zero-order chi connectivity index (χ0) is 23.7. The van der Waals surface area contributed by atoms with Gasteiger partial charge in [0.05, 0.1) is 11.6 Å². The number of para-hydroxylation sites is 1. The average Bonchev–Trinajstić information content (AvgIpc) is 3.42. The lowest BCUT2D eigenvalue weighted by Crippen LogP contribution is -2.30. The molecule has 2 aromatic rings. The van der Waals surface area contributed by atoms with E-state index < -0.39 is 35.3 Å². The van der Waals surface area contributed by atoms with E-state index in [1.807, 2.05) is 18.2 Å². The molecule has 0 spiro atoms. The lowest BCUT2D eigenvalue weighted by molar-refractivity contribution is -0.116. The molecule has 2 atom stereocenters. The number of anilines is 1. The summed E-state index contributed by atoms with van der Waals surface area (Å²) in [5, 5.41) is 2.84. The van der Waals surface area contributed by atoms with Gasteiger partial charge in [0.1, 0.15) is 17.2 Å². The number of carbonyl (C=O) groups is 3. The van der Waals surface area contributed by atoms with Crippen molar-refractivity contribution in [2.75, 3.05) is 5.32 Å². The molecule has 2 aromatic carbocycles. The van der Waals surface area contributed by atoms with Crippen LogP contribution in [0.2, 0.25) is 0 Å². The smallest absolute Gasteiger partial charge is 0.411 e. The molecule has 170 valence electrons. The Bertz CT molecular complexity index is 988. The van der Waals surface area contributed by atoms with Crippen LogP contribution in [0.5, 0.6) is 0 Å². The second-order valence-corrected chi connectivity index (χ2v) is 9.76. The monoisotopic (exact) mass is 438 g/mol. The van der Waals surface area contributed by atoms with Gasteiger partial charge in [-0.25, -0.2) is 9.59 Å². The van der Waals surface area contributed by atoms with Crippen molar-refractivity contribution in [3.8, 4) is 0 Å². The number of carbonyl (C=O) groups excluding carboxylic acids is 3. The van der Waals surface area contributed by atoms with E-state index in [2.05, 4.69) is 5.32 Å². The number of rotatable bonds is 4. The fourth-order valence-corrected chi connectivity index (χ4v) is 3.28. The summed E-state index contributed by atoms with van der Waals surface area (Å²) in [6.07, 6.45) is -0.563. The van der Waals surface area contributed by atoms with Gasteiger partial charge in [-0.1, -0.05) is 30.3 Å². The maximum Gasteiger partial charge on any atom is 0.411 e. The molecule has 0 aliphatic carbocycles. The molecule has 1 heterocycles. The third kappa shape index (κ3) is 5.87. The summed E-state index contributed by atoms with van der Waals surface area (Å²) in [6.45, 7) is 10.7. The summed E-state index contributed by atoms with van der Waals surface area (Å²) >= 11 is 0. The third-order valence-corrected chi connectivity index (χ3v) is 4.61. The molecule has 7 heteroatoms. The SMILES string of the molecule is CC(C)(C)OC(=O)c1ccc(C2C(C(=O)Nc3ccccc3)N2C(=O)OC(C)(C)C)cc1. The van der Waals surface area contributed by atoms with Crippen molar-refractivity contribution < 1.29 is 23.9 Å². The number of amides is 2. The normalized spacial score (nSPS) is 18.0. The highest BCUT2D eigenvalue weighted by Crippen LogP contribution is 2.45. The van der Waals surface area contributed by atoms with Crippen LogP contribution in [0.4, 0.5) is 10.5 Å². The van der Waals surface area contributed by atoms with E-state index >= 15 is 0 Å². The highest BCUT2D eigenvalue weighted by molar-refractivity contribution is 6.01. The number of ether oxygens (including phenoxy) is 2. The summed E-state index contributed by atoms with van der Waals surface area (Å²) in [7, 11) is 0. The van der Waals surface area contributed by atoms with Gasteiger partial charge in [-0.15, -0.1) is 0 Å². The van der Waals surface area contributed by atoms with Crippen molar-refractivity contribution in [3.63, 3.8) is 0 Å². The van der Waals surface area contributed by atoms with E-state index in [1.165, 1.54) is 4.90 Å². The minimum atomic E-state index is -0.711. The summed E-state index contributed by atoms with van der Waals surface area (Å²) in [6, 6.07) is 14.6. The first-order valence-corrected chi connectivity index (χ1v) is 10.6. The Balaban J connectivity index is 1.80. The molecule has 7 nitrogen and oxygen atoms in total. The first-order valence-electron chi connectivity index (χ1n) is 10.6. The lowest BCUT2D eigenvalue weighted by Gasteiger charge is -2.20. The Hall–Kier alpha value is -3.35. The highest BCUT2D eigenvalue weighted by Gasteiger charge is 2.57. The number of nitrogens with one attached hydrogen (secondary N) is 1. The molecule has 3 rings (SSSR count). The van der Waals surface area contributed by atoms with E-state index in [0.717, 1.165) is 5.56 Å². The Labute approximate surface area is 188 Å². The Kier molecular flexibility index (Phi) is 6.30. The van der Waals surface area contributed by atoms with Gasteiger partial charge >= 0.3 is 12.1 Å². The van der Waals surface area contributed by atoms with Crippen molar-refractivity contribution in [2.45, 2.75) is 64.8 Å². The van der Waals surface area contributed by atoms with E-state index in [-0.39, 0.29) is 5.91 Å². The van der Waals surface area contributed by atoms with Crippen LogP contribution in [0.1, 0.15) is 63.5 Å². The first kappa shape index (κ1) is 23.3. The van der Waals surface area contributed by atoms with Gasteiger partial charge in [-0.05, 0) is 71.4 Å². The Morgan fingerprint density at radius 2 is 1.38 bits per heavy atom. The fourth-order valence-electron chi connectivity index (χ4n) is 3.28. The summed E-state index contributed by atoms with van der Waals surface area (Å²) in [5.41, 5.74) is 0.494. The first-order chi connectivity index (χ1) is 14.9. The topological polar surface area (TPSA) is 84.7 Å². The summed E-state index contributed by atoms with van der Waals surface area (Å²) in [4.78, 5) is 39.4. The average molecular weight is 439 g/mol. The van der Waals surface area contributed by atoms with Crippen LogP contribution in [0.3, 0.4) is 0 Å². The second-order valence-electron chi connectivity index (χ2n) is 9.76. The van der Waals surface area contributed by atoms with Crippen LogP contribution >= 0.6 is 0 Å². The van der Waals surface area contributed by atoms with E-state index in [9.17, 15) is 14.4 Å². The molecule has 0 aromatic heterocycles. The standard InChI is InChI=1S/C25H30N2O5/c1-24(2,3)31-22(29)17-14-12-16(13-15-17)19-20(27(19)23(30)32-25(4,5)6)21(28)26-18-10-8-7-9-11-18/h7-15,19-20H,1-6H3,(H,26,28). The molecule has 1 aliphatic rings. The van der Waals surface area contributed by atoms with Crippen molar-refractivity contribution in [1.29, 1.82) is 0 Å². The van der Waals surface area contributed by atoms with Crippen LogP contribution in [-0.4, -0.2) is 40.1 Å². The van der Waals surface area contributed by atoms with Crippen LogP contribution in [-0.2, 0) is 14.3 Å². The zero-order valence-corrected chi connectivity index (χ0v) is 19.3. The minimum Gasteiger partial charge on any atom is -0.456 e. The Morgan fingerprint density at radius 1 is 0.812 bits per heavy atom. The molecule has 0 radical (unpaired) electrons. The highest BCUT2D eigenvalue weighted by atomic mass is 16.6. The quantitative estimate of drug-likeness (QED) is 0.540. The molecule has 0 bridgehead atoms. The molecule has 1 aliphatic heterocycles. The van der Waals surface area contributed by atoms with Crippen molar-refractivity contribution in [2.24, 2.45) is 0 Å². The van der Waals surface area contributed by atoms with Gasteiger partial charge in [0.25, 0.3) is 0 Å². The summed E-state index contributed by atoms with van der Waals surface area (Å²) < 4.78 is 10.9. The molecule has 32 heavy (non-hydrogen) atoms. The van der Waals surface area contributed by atoms with Crippen LogP contribution in [0.25, 0.3) is 0 Å². The fraction of sp³-hybridized carbons (Fsp3) is 0.400. The van der Waals surface area contributed by atoms with Crippen molar-refractivity contribution >= 4 is 23.7 Å². The molecule has 0 saturated carbocycles. The van der Waals surface area contributed by atoms with Gasteiger partial charge in [0.2, 0.25) is 5.91 Å². The second kappa shape index (κ2) is 8.65. The van der Waals surface area contributed by atoms with E-state index in [0.29, 0.717) is 11.3 Å². The van der Waals surface area contributed by atoms with Crippen molar-refractivity contribution in [1.82, 2.24) is 4.90 Å². The van der Waals surface area contributed by atoms with Gasteiger partial charge in [-0.3, -0.25) is 9.69 Å². The Morgan fingerprint density at radius 3 is 1.91 bits per heavy atom. The van der Waals surface area contributed by atoms with Gasteiger partial charge in [0, 0.05) is 5.69 Å².